The van der Waals surface area contributed by atoms with Gasteiger partial charge in [-0.25, -0.2) is 4.79 Å². The molecule has 2 amide bonds. The highest BCUT2D eigenvalue weighted by Crippen LogP contribution is 2.37. The molecule has 2 heterocycles. The number of aryl methyl sites for hydroxylation is 1. The Labute approximate surface area is 185 Å². The highest BCUT2D eigenvalue weighted by molar-refractivity contribution is 6.30. The van der Waals surface area contributed by atoms with E-state index in [0.29, 0.717) is 29.9 Å². The number of nitrogens with zero attached hydrogens (tertiary/aromatic N) is 3. The molecule has 1 aliphatic rings. The number of rotatable bonds is 6. The van der Waals surface area contributed by atoms with Crippen molar-refractivity contribution in [3.8, 4) is 11.4 Å². The minimum absolute atomic E-state index is 0.221. The summed E-state index contributed by atoms with van der Waals surface area (Å²) in [6, 6.07) is 14.6. The van der Waals surface area contributed by atoms with Crippen molar-refractivity contribution in [3.05, 3.63) is 76.3 Å². The zero-order chi connectivity index (χ0) is 22.0. The maximum absolute atomic E-state index is 12.8. The maximum Gasteiger partial charge on any atom is 0.322 e. The van der Waals surface area contributed by atoms with E-state index >= 15 is 0 Å². The lowest BCUT2D eigenvalue weighted by atomic mass is 9.94. The molecule has 8 heteroatoms. The Morgan fingerprint density at radius 3 is 2.74 bits per heavy atom. The third-order valence-corrected chi connectivity index (χ3v) is 5.47. The number of halogens is 1. The van der Waals surface area contributed by atoms with Crippen LogP contribution in [0.4, 0.5) is 4.79 Å². The van der Waals surface area contributed by atoms with Crippen molar-refractivity contribution in [2.24, 2.45) is 0 Å². The van der Waals surface area contributed by atoms with Crippen LogP contribution in [0.15, 0.2) is 58.8 Å². The summed E-state index contributed by atoms with van der Waals surface area (Å²) in [5.41, 5.74) is 4.25. The summed E-state index contributed by atoms with van der Waals surface area (Å²) in [5.74, 6) is 0.839. The number of hydrogen-bond donors (Lipinski definition) is 1. The summed E-state index contributed by atoms with van der Waals surface area (Å²) in [7, 11) is 1.60. The van der Waals surface area contributed by atoms with Crippen LogP contribution in [0.1, 0.15) is 30.0 Å². The molecule has 3 aromatic rings. The monoisotopic (exact) mass is 438 g/mol. The van der Waals surface area contributed by atoms with Gasteiger partial charge in [-0.15, -0.1) is 0 Å². The van der Waals surface area contributed by atoms with Crippen LogP contribution < -0.4 is 5.32 Å². The van der Waals surface area contributed by atoms with E-state index in [1.54, 1.807) is 18.1 Å². The number of benzene rings is 2. The Hall–Kier alpha value is -3.16. The number of nitrogens with one attached hydrogen (secondary N) is 1. The van der Waals surface area contributed by atoms with E-state index in [9.17, 15) is 4.79 Å². The number of ether oxygens (including phenoxy) is 1. The molecule has 1 N–H and O–H groups in total. The smallest absolute Gasteiger partial charge is 0.322 e. The Morgan fingerprint density at radius 1 is 1.19 bits per heavy atom. The van der Waals surface area contributed by atoms with Crippen molar-refractivity contribution < 1.29 is 14.1 Å². The van der Waals surface area contributed by atoms with Gasteiger partial charge in [-0.1, -0.05) is 52.7 Å². The average Bonchev–Trinajstić information content (AvgIpc) is 3.23. The van der Waals surface area contributed by atoms with Crippen LogP contribution in [0, 0.1) is 6.92 Å². The van der Waals surface area contributed by atoms with E-state index in [-0.39, 0.29) is 6.03 Å². The molecule has 2 aromatic carbocycles. The lowest BCUT2D eigenvalue weighted by Crippen LogP contribution is -2.47. The van der Waals surface area contributed by atoms with Gasteiger partial charge in [-0.05, 0) is 37.6 Å². The van der Waals surface area contributed by atoms with Gasteiger partial charge >= 0.3 is 6.03 Å². The predicted octanol–water partition coefficient (Wildman–Crippen LogP) is 4.84. The molecule has 0 saturated heterocycles. The normalized spacial score (nSPS) is 16.6. The first-order valence-corrected chi connectivity index (χ1v) is 10.3. The summed E-state index contributed by atoms with van der Waals surface area (Å²) in [4.78, 5) is 19.1. The summed E-state index contributed by atoms with van der Waals surface area (Å²) in [6.45, 7) is 4.69. The number of carbonyl (C=O) groups is 1. The van der Waals surface area contributed by atoms with Crippen LogP contribution in [0.25, 0.3) is 17.0 Å². The molecular formula is C23H23ClN4O3. The second-order valence-corrected chi connectivity index (χ2v) is 7.81. The lowest BCUT2D eigenvalue weighted by molar-refractivity contribution is 0.158. The zero-order valence-electron chi connectivity index (χ0n) is 17.6. The van der Waals surface area contributed by atoms with Crippen molar-refractivity contribution in [1.82, 2.24) is 20.4 Å². The van der Waals surface area contributed by atoms with E-state index < -0.39 is 6.04 Å². The summed E-state index contributed by atoms with van der Waals surface area (Å²) < 4.78 is 10.8. The van der Waals surface area contributed by atoms with Gasteiger partial charge in [-0.3, -0.25) is 4.90 Å². The molecule has 0 saturated carbocycles. The molecule has 0 fully saturated rings. The van der Waals surface area contributed by atoms with Gasteiger partial charge in [0.1, 0.15) is 0 Å². The lowest BCUT2D eigenvalue weighted by Gasteiger charge is -2.35. The number of methoxy groups -OCH3 is 1. The molecule has 1 unspecified atom stereocenters. The highest BCUT2D eigenvalue weighted by Gasteiger charge is 2.35. The van der Waals surface area contributed by atoms with Crippen molar-refractivity contribution in [1.29, 1.82) is 0 Å². The van der Waals surface area contributed by atoms with Crippen molar-refractivity contribution in [2.75, 3.05) is 20.3 Å². The third-order valence-electron chi connectivity index (χ3n) is 5.23. The summed E-state index contributed by atoms with van der Waals surface area (Å²) >= 11 is 6.22. The summed E-state index contributed by atoms with van der Waals surface area (Å²) in [6.07, 6.45) is 0. The van der Waals surface area contributed by atoms with Crippen LogP contribution in [0.2, 0.25) is 5.02 Å². The van der Waals surface area contributed by atoms with Crippen LogP contribution in [0.5, 0.6) is 0 Å². The average molecular weight is 439 g/mol. The molecule has 0 radical (unpaired) electrons. The van der Waals surface area contributed by atoms with E-state index in [0.717, 1.165) is 28.0 Å². The van der Waals surface area contributed by atoms with E-state index in [1.165, 1.54) is 0 Å². The molecule has 1 aliphatic heterocycles. The molecule has 7 nitrogen and oxygen atoms in total. The van der Waals surface area contributed by atoms with Crippen molar-refractivity contribution >= 4 is 23.2 Å². The minimum atomic E-state index is -0.476. The van der Waals surface area contributed by atoms with E-state index in [2.05, 4.69) is 15.5 Å². The van der Waals surface area contributed by atoms with E-state index in [4.69, 9.17) is 20.9 Å². The molecule has 160 valence electrons. The number of hydrogen-bond acceptors (Lipinski definition) is 5. The fourth-order valence-corrected chi connectivity index (χ4v) is 3.88. The number of amides is 2. The van der Waals surface area contributed by atoms with Crippen LogP contribution >= 0.6 is 11.6 Å². The van der Waals surface area contributed by atoms with Gasteiger partial charge in [-0.2, -0.15) is 4.98 Å². The predicted molar refractivity (Wildman–Crippen MR) is 118 cm³/mol. The quantitative estimate of drug-likeness (QED) is 0.595. The molecule has 0 aliphatic carbocycles. The fourth-order valence-electron chi connectivity index (χ4n) is 3.68. The van der Waals surface area contributed by atoms with Crippen LogP contribution in [-0.4, -0.2) is 41.3 Å². The first-order valence-electron chi connectivity index (χ1n) is 9.92. The molecule has 0 spiro atoms. The van der Waals surface area contributed by atoms with E-state index in [1.807, 2.05) is 56.3 Å². The van der Waals surface area contributed by atoms with Gasteiger partial charge in [0.05, 0.1) is 24.8 Å². The van der Waals surface area contributed by atoms with Gasteiger partial charge in [0.15, 0.2) is 0 Å². The first-order chi connectivity index (χ1) is 15.0. The molecule has 4 rings (SSSR count). The molecule has 1 atom stereocenters. The second kappa shape index (κ2) is 8.91. The standard InChI is InChI=1S/C23H23ClN4O3/c1-14-6-4-8-17(12-14)21-26-22(31-27-21)19-15(2)28(10-11-30-3)23(29)25-20(19)16-7-5-9-18(24)13-16/h4-9,12-13,20H,10-11H2,1-3H3,(H,25,29). The summed E-state index contributed by atoms with van der Waals surface area (Å²) in [5, 5.41) is 7.81. The number of aromatic nitrogens is 2. The maximum atomic E-state index is 12.8. The van der Waals surface area contributed by atoms with Gasteiger partial charge < -0.3 is 14.6 Å². The molecule has 0 bridgehead atoms. The molecular weight excluding hydrogens is 416 g/mol. The van der Waals surface area contributed by atoms with Crippen LogP contribution in [0.3, 0.4) is 0 Å². The second-order valence-electron chi connectivity index (χ2n) is 7.37. The van der Waals surface area contributed by atoms with Crippen molar-refractivity contribution in [3.63, 3.8) is 0 Å². The van der Waals surface area contributed by atoms with Crippen LogP contribution in [-0.2, 0) is 4.74 Å². The molecule has 31 heavy (non-hydrogen) atoms. The first kappa shape index (κ1) is 21.1. The Morgan fingerprint density at radius 2 is 2.00 bits per heavy atom. The largest absolute Gasteiger partial charge is 0.383 e. The zero-order valence-corrected chi connectivity index (χ0v) is 18.3. The minimum Gasteiger partial charge on any atom is -0.383 e. The third kappa shape index (κ3) is 4.33. The number of allylic oxidation sites excluding steroid dienone is 1. The SMILES string of the molecule is COCCN1C(=O)NC(c2cccc(Cl)c2)C(c2nc(-c3cccc(C)c3)no2)=C1C. The molecule has 1 aromatic heterocycles. The Kier molecular flexibility index (Phi) is 6.06. The van der Waals surface area contributed by atoms with Gasteiger partial charge in [0, 0.05) is 23.4 Å². The van der Waals surface area contributed by atoms with Gasteiger partial charge in [0.2, 0.25) is 5.82 Å². The highest BCUT2D eigenvalue weighted by atomic mass is 35.5. The Balaban J connectivity index is 1.81. The Bertz CT molecular complexity index is 1140. The topological polar surface area (TPSA) is 80.5 Å². The number of urea groups is 1. The fraction of sp³-hybridized carbons (Fsp3) is 0.261. The number of carbonyl (C=O) groups excluding carboxylic acids is 1. The van der Waals surface area contributed by atoms with Crippen molar-refractivity contribution in [2.45, 2.75) is 19.9 Å². The van der Waals surface area contributed by atoms with Gasteiger partial charge in [0.25, 0.3) is 5.89 Å².